The van der Waals surface area contributed by atoms with Crippen molar-refractivity contribution in [3.63, 3.8) is 0 Å². The molecule has 0 bridgehead atoms. The van der Waals surface area contributed by atoms with E-state index in [0.717, 1.165) is 17.7 Å². The van der Waals surface area contributed by atoms with Gasteiger partial charge in [-0.3, -0.25) is 0 Å². The lowest BCUT2D eigenvalue weighted by Crippen LogP contribution is -2.28. The number of hydrogen-bond acceptors (Lipinski definition) is 2. The molecule has 17 heavy (non-hydrogen) atoms. The molecule has 2 atom stereocenters. The van der Waals surface area contributed by atoms with Crippen molar-refractivity contribution in [1.82, 2.24) is 0 Å². The second-order valence-corrected chi connectivity index (χ2v) is 5.09. The molecule has 2 rings (SSSR count). The van der Waals surface area contributed by atoms with Crippen LogP contribution in [0, 0.1) is 12.8 Å². The summed E-state index contributed by atoms with van der Waals surface area (Å²) in [6.07, 6.45) is 3.70. The molecule has 0 radical (unpaired) electrons. The van der Waals surface area contributed by atoms with E-state index in [-0.39, 0.29) is 24.8 Å². The van der Waals surface area contributed by atoms with Crippen molar-refractivity contribution in [2.24, 2.45) is 11.7 Å². The molecule has 0 aliphatic heterocycles. The van der Waals surface area contributed by atoms with Gasteiger partial charge in [-0.1, -0.05) is 0 Å². The zero-order chi connectivity index (χ0) is 12.5. The Balaban J connectivity index is 1.95. The van der Waals surface area contributed by atoms with E-state index in [9.17, 15) is 8.78 Å². The predicted octanol–water partition coefficient (Wildman–Crippen LogP) is 3.80. The maximum absolute atomic E-state index is 13.3. The maximum atomic E-state index is 13.3. The van der Waals surface area contributed by atoms with Gasteiger partial charge >= 0.3 is 0 Å². The van der Waals surface area contributed by atoms with Crippen molar-refractivity contribution in [3.05, 3.63) is 23.7 Å². The lowest BCUT2D eigenvalue weighted by molar-refractivity contribution is -0.0543. The minimum atomic E-state index is -2.49. The highest BCUT2D eigenvalue weighted by Gasteiger charge is 2.36. The van der Waals surface area contributed by atoms with Crippen LogP contribution in [-0.2, 0) is 0 Å². The number of nitrogens with two attached hydrogens (primary N) is 1. The fourth-order valence-corrected chi connectivity index (χ4v) is 2.74. The Morgan fingerprint density at radius 3 is 2.94 bits per heavy atom. The van der Waals surface area contributed by atoms with Gasteiger partial charge in [0.15, 0.2) is 0 Å². The minimum Gasteiger partial charge on any atom is -0.469 e. The van der Waals surface area contributed by atoms with Gasteiger partial charge in [-0.25, -0.2) is 8.78 Å². The van der Waals surface area contributed by atoms with E-state index in [0.29, 0.717) is 12.8 Å². The van der Waals surface area contributed by atoms with E-state index >= 15 is 0 Å². The van der Waals surface area contributed by atoms with E-state index in [1.807, 2.05) is 13.0 Å². The number of alkyl halides is 2. The monoisotopic (exact) mass is 243 g/mol. The van der Waals surface area contributed by atoms with Crippen LogP contribution >= 0.6 is 0 Å². The fraction of sp³-hybridized carbons (Fsp3) is 0.692. The first kappa shape index (κ1) is 12.6. The molecule has 1 aromatic heterocycles. The first-order valence-electron chi connectivity index (χ1n) is 6.15. The molecule has 0 amide bonds. The molecule has 2 unspecified atom stereocenters. The van der Waals surface area contributed by atoms with Gasteiger partial charge in [-0.05, 0) is 38.2 Å². The van der Waals surface area contributed by atoms with Crippen LogP contribution in [0.3, 0.4) is 0 Å². The van der Waals surface area contributed by atoms with Crippen LogP contribution in [0.2, 0.25) is 0 Å². The SMILES string of the molecule is Cc1occc1C(N)CC1CCCC(F)(F)C1. The maximum Gasteiger partial charge on any atom is 0.248 e. The van der Waals surface area contributed by atoms with Gasteiger partial charge in [-0.2, -0.15) is 0 Å². The van der Waals surface area contributed by atoms with Crippen LogP contribution in [0.25, 0.3) is 0 Å². The molecular formula is C13H19F2NO. The molecule has 96 valence electrons. The predicted molar refractivity (Wildman–Crippen MR) is 61.9 cm³/mol. The fourth-order valence-electron chi connectivity index (χ4n) is 2.74. The topological polar surface area (TPSA) is 39.2 Å². The second-order valence-electron chi connectivity index (χ2n) is 5.09. The molecule has 1 saturated carbocycles. The Kier molecular flexibility index (Phi) is 3.52. The summed E-state index contributed by atoms with van der Waals surface area (Å²) in [5, 5.41) is 0. The summed E-state index contributed by atoms with van der Waals surface area (Å²) in [7, 11) is 0. The van der Waals surface area contributed by atoms with E-state index < -0.39 is 5.92 Å². The van der Waals surface area contributed by atoms with Gasteiger partial charge in [0.25, 0.3) is 0 Å². The number of furan rings is 1. The first-order valence-corrected chi connectivity index (χ1v) is 6.15. The van der Waals surface area contributed by atoms with Crippen molar-refractivity contribution in [3.8, 4) is 0 Å². The van der Waals surface area contributed by atoms with Crippen LogP contribution in [0.4, 0.5) is 8.78 Å². The zero-order valence-electron chi connectivity index (χ0n) is 10.1. The molecular weight excluding hydrogens is 224 g/mol. The standard InChI is InChI=1S/C13H19F2NO/c1-9-11(4-6-17-9)12(16)7-10-3-2-5-13(14,15)8-10/h4,6,10,12H,2-3,5,7-8,16H2,1H3. The highest BCUT2D eigenvalue weighted by Crippen LogP contribution is 2.40. The molecule has 1 aliphatic rings. The largest absolute Gasteiger partial charge is 0.469 e. The number of halogens is 2. The highest BCUT2D eigenvalue weighted by atomic mass is 19.3. The number of rotatable bonds is 3. The third kappa shape index (κ3) is 3.06. The molecule has 1 heterocycles. The minimum absolute atomic E-state index is 0.0163. The lowest BCUT2D eigenvalue weighted by Gasteiger charge is -2.30. The Morgan fingerprint density at radius 1 is 1.59 bits per heavy atom. The quantitative estimate of drug-likeness (QED) is 0.876. The van der Waals surface area contributed by atoms with Crippen LogP contribution in [0.5, 0.6) is 0 Å². The average molecular weight is 243 g/mol. The third-order valence-electron chi connectivity index (χ3n) is 3.63. The van der Waals surface area contributed by atoms with Gasteiger partial charge in [-0.15, -0.1) is 0 Å². The van der Waals surface area contributed by atoms with Gasteiger partial charge in [0.1, 0.15) is 5.76 Å². The molecule has 1 aromatic rings. The van der Waals surface area contributed by atoms with Crippen LogP contribution in [0.15, 0.2) is 16.7 Å². The molecule has 1 aliphatic carbocycles. The Hall–Kier alpha value is -0.900. The van der Waals surface area contributed by atoms with E-state index in [4.69, 9.17) is 10.2 Å². The van der Waals surface area contributed by atoms with Gasteiger partial charge in [0, 0.05) is 24.4 Å². The van der Waals surface area contributed by atoms with E-state index in [1.54, 1.807) is 6.26 Å². The molecule has 2 N–H and O–H groups in total. The molecule has 2 nitrogen and oxygen atoms in total. The van der Waals surface area contributed by atoms with Crippen molar-refractivity contribution >= 4 is 0 Å². The average Bonchev–Trinajstić information content (AvgIpc) is 2.62. The smallest absolute Gasteiger partial charge is 0.248 e. The van der Waals surface area contributed by atoms with Gasteiger partial charge < -0.3 is 10.2 Å². The van der Waals surface area contributed by atoms with Crippen LogP contribution < -0.4 is 5.73 Å². The summed E-state index contributed by atoms with van der Waals surface area (Å²) in [6, 6.07) is 1.65. The number of hydrogen-bond donors (Lipinski definition) is 1. The molecule has 4 heteroatoms. The lowest BCUT2D eigenvalue weighted by atomic mass is 9.81. The summed E-state index contributed by atoms with van der Waals surface area (Å²) >= 11 is 0. The van der Waals surface area contributed by atoms with Crippen molar-refractivity contribution < 1.29 is 13.2 Å². The zero-order valence-corrected chi connectivity index (χ0v) is 10.1. The summed E-state index contributed by atoms with van der Waals surface area (Å²) in [4.78, 5) is 0. The van der Waals surface area contributed by atoms with Gasteiger partial charge in [0.05, 0.1) is 6.26 Å². The highest BCUT2D eigenvalue weighted by molar-refractivity contribution is 5.19. The third-order valence-corrected chi connectivity index (χ3v) is 3.63. The van der Waals surface area contributed by atoms with Gasteiger partial charge in [0.2, 0.25) is 5.92 Å². The van der Waals surface area contributed by atoms with E-state index in [1.165, 1.54) is 0 Å². The molecule has 1 fully saturated rings. The van der Waals surface area contributed by atoms with Crippen molar-refractivity contribution in [2.75, 3.05) is 0 Å². The Labute approximate surface area is 100 Å². The van der Waals surface area contributed by atoms with Crippen LogP contribution in [0.1, 0.15) is 49.5 Å². The Bertz CT molecular complexity index is 375. The van der Waals surface area contributed by atoms with E-state index in [2.05, 4.69) is 0 Å². The molecule has 0 spiro atoms. The summed E-state index contributed by atoms with van der Waals surface area (Å²) in [5.41, 5.74) is 7.00. The van der Waals surface area contributed by atoms with Crippen molar-refractivity contribution in [1.29, 1.82) is 0 Å². The van der Waals surface area contributed by atoms with Crippen LogP contribution in [-0.4, -0.2) is 5.92 Å². The molecule has 0 aromatic carbocycles. The summed E-state index contributed by atoms with van der Waals surface area (Å²) in [6.45, 7) is 1.85. The number of aryl methyl sites for hydroxylation is 1. The normalized spacial score (nSPS) is 25.8. The molecule has 0 saturated heterocycles. The summed E-state index contributed by atoms with van der Waals surface area (Å²) < 4.78 is 31.7. The van der Waals surface area contributed by atoms with Crippen molar-refractivity contribution in [2.45, 2.75) is 51.0 Å². The first-order chi connectivity index (χ1) is 7.98. The summed E-state index contributed by atoms with van der Waals surface area (Å²) in [5.74, 6) is -1.67. The Morgan fingerprint density at radius 2 is 2.35 bits per heavy atom. The second kappa shape index (κ2) is 4.77.